The molecule has 1 aromatic heterocycles. The fourth-order valence-electron chi connectivity index (χ4n) is 2.89. The topological polar surface area (TPSA) is 60.5 Å². The highest BCUT2D eigenvalue weighted by atomic mass is 35.5. The average Bonchev–Trinajstić information content (AvgIpc) is 3.19. The van der Waals surface area contributed by atoms with E-state index < -0.39 is 0 Å². The third-order valence-corrected chi connectivity index (χ3v) is 5.65. The van der Waals surface area contributed by atoms with Crippen molar-refractivity contribution in [2.75, 3.05) is 12.4 Å². The molecule has 0 unspecified atom stereocenters. The minimum absolute atomic E-state index is 0.249. The van der Waals surface area contributed by atoms with Gasteiger partial charge in [0.15, 0.2) is 16.6 Å². The van der Waals surface area contributed by atoms with Gasteiger partial charge in [0.2, 0.25) is 5.91 Å². The number of fused-ring (bicyclic) bond motifs is 1. The molecule has 156 valence electrons. The van der Waals surface area contributed by atoms with Crippen molar-refractivity contribution in [2.24, 2.45) is 0 Å². The van der Waals surface area contributed by atoms with Crippen LogP contribution in [0.5, 0.6) is 11.5 Å². The first-order chi connectivity index (χ1) is 15.1. The normalized spacial score (nSPS) is 11.0. The molecule has 0 saturated carbocycles. The Morgan fingerprint density at radius 1 is 1.10 bits per heavy atom. The highest BCUT2D eigenvalue weighted by Gasteiger charge is 2.07. The summed E-state index contributed by atoms with van der Waals surface area (Å²) in [4.78, 5) is 16.7. The lowest BCUT2D eigenvalue weighted by Crippen LogP contribution is -2.07. The molecular weight excluding hydrogens is 432 g/mol. The second-order valence-electron chi connectivity index (χ2n) is 6.63. The molecule has 4 aromatic rings. The third-order valence-electron chi connectivity index (χ3n) is 4.45. The number of nitrogens with zero attached hydrogens (tertiary/aromatic N) is 1. The van der Waals surface area contributed by atoms with E-state index in [-0.39, 0.29) is 5.91 Å². The van der Waals surface area contributed by atoms with Crippen molar-refractivity contribution in [3.63, 3.8) is 0 Å². The van der Waals surface area contributed by atoms with Gasteiger partial charge in [-0.25, -0.2) is 4.98 Å². The van der Waals surface area contributed by atoms with E-state index in [1.165, 1.54) is 17.4 Å². The fourth-order valence-corrected chi connectivity index (χ4v) is 3.89. The van der Waals surface area contributed by atoms with Gasteiger partial charge in [0.05, 0.1) is 17.3 Å². The third kappa shape index (κ3) is 5.42. The van der Waals surface area contributed by atoms with Crippen molar-refractivity contribution in [1.29, 1.82) is 0 Å². The molecule has 0 atom stereocenters. The maximum Gasteiger partial charge on any atom is 0.250 e. The summed E-state index contributed by atoms with van der Waals surface area (Å²) in [7, 11) is 1.58. The molecule has 7 heteroatoms. The Morgan fingerprint density at radius 3 is 2.68 bits per heavy atom. The van der Waals surface area contributed by atoms with Crippen molar-refractivity contribution in [3.8, 4) is 11.5 Å². The zero-order valence-electron chi connectivity index (χ0n) is 16.7. The lowest BCUT2D eigenvalue weighted by atomic mass is 10.2. The van der Waals surface area contributed by atoms with Gasteiger partial charge in [-0.05, 0) is 53.6 Å². The Morgan fingerprint density at radius 2 is 1.90 bits per heavy atom. The highest BCUT2D eigenvalue weighted by molar-refractivity contribution is 7.22. The van der Waals surface area contributed by atoms with Crippen LogP contribution in [-0.2, 0) is 11.4 Å². The molecule has 1 amide bonds. The van der Waals surface area contributed by atoms with E-state index in [9.17, 15) is 4.79 Å². The van der Waals surface area contributed by atoms with E-state index in [2.05, 4.69) is 10.3 Å². The van der Waals surface area contributed by atoms with Crippen LogP contribution in [0.1, 0.15) is 11.1 Å². The minimum atomic E-state index is -0.249. The Labute approximate surface area is 188 Å². The summed E-state index contributed by atoms with van der Waals surface area (Å²) in [5, 5.41) is 4.05. The van der Waals surface area contributed by atoms with E-state index in [1.807, 2.05) is 66.7 Å². The number of benzene rings is 3. The van der Waals surface area contributed by atoms with Gasteiger partial charge in [0.1, 0.15) is 6.61 Å². The summed E-state index contributed by atoms with van der Waals surface area (Å²) < 4.78 is 12.3. The first-order valence-electron chi connectivity index (χ1n) is 9.50. The van der Waals surface area contributed by atoms with Crippen LogP contribution in [0.2, 0.25) is 5.02 Å². The number of ether oxygens (including phenoxy) is 2. The Bertz CT molecular complexity index is 1200. The molecule has 0 fully saturated rings. The standard InChI is InChI=1S/C24H19ClN2O3S/c1-29-21-14-16(8-12-20(21)30-15-17-6-10-18(25)11-7-17)9-13-23(28)27-24-26-19-4-2-3-5-22(19)31-24/h2-14H,15H2,1H3,(H,26,27,28)/b13-9+. The van der Waals surface area contributed by atoms with E-state index in [4.69, 9.17) is 21.1 Å². The number of anilines is 1. The zero-order valence-corrected chi connectivity index (χ0v) is 18.2. The van der Waals surface area contributed by atoms with Crippen molar-refractivity contribution in [2.45, 2.75) is 6.61 Å². The molecule has 0 aliphatic rings. The number of methoxy groups -OCH3 is 1. The number of thiazole rings is 1. The van der Waals surface area contributed by atoms with Crippen molar-refractivity contribution >= 4 is 50.3 Å². The number of para-hydroxylation sites is 1. The van der Waals surface area contributed by atoms with Gasteiger partial charge in [-0.3, -0.25) is 10.1 Å². The molecule has 3 aromatic carbocycles. The Kier molecular flexibility index (Phi) is 6.50. The number of amides is 1. The largest absolute Gasteiger partial charge is 0.493 e. The highest BCUT2D eigenvalue weighted by Crippen LogP contribution is 2.30. The zero-order chi connectivity index (χ0) is 21.6. The second kappa shape index (κ2) is 9.64. The lowest BCUT2D eigenvalue weighted by molar-refractivity contribution is -0.111. The number of hydrogen-bond acceptors (Lipinski definition) is 5. The number of hydrogen-bond donors (Lipinski definition) is 1. The summed E-state index contributed by atoms with van der Waals surface area (Å²) in [5.74, 6) is 0.956. The van der Waals surface area contributed by atoms with E-state index in [0.717, 1.165) is 21.3 Å². The van der Waals surface area contributed by atoms with Gasteiger partial charge in [0.25, 0.3) is 0 Å². The molecular formula is C24H19ClN2O3S. The van der Waals surface area contributed by atoms with Crippen LogP contribution in [-0.4, -0.2) is 18.0 Å². The van der Waals surface area contributed by atoms with E-state index in [1.54, 1.807) is 13.2 Å². The number of halogens is 1. The van der Waals surface area contributed by atoms with Gasteiger partial charge in [-0.2, -0.15) is 0 Å². The predicted molar refractivity (Wildman–Crippen MR) is 126 cm³/mol. The summed E-state index contributed by atoms with van der Waals surface area (Å²) in [6, 6.07) is 20.7. The van der Waals surface area contributed by atoms with Gasteiger partial charge in [-0.1, -0.05) is 53.3 Å². The van der Waals surface area contributed by atoms with Crippen LogP contribution in [0.15, 0.2) is 72.8 Å². The quantitative estimate of drug-likeness (QED) is 0.341. The van der Waals surface area contributed by atoms with Crippen LogP contribution in [0.4, 0.5) is 5.13 Å². The maximum atomic E-state index is 12.3. The first-order valence-corrected chi connectivity index (χ1v) is 10.7. The maximum absolute atomic E-state index is 12.3. The number of rotatable bonds is 7. The summed E-state index contributed by atoms with van der Waals surface area (Å²) in [6.45, 7) is 0.396. The minimum Gasteiger partial charge on any atom is -0.493 e. The molecule has 0 aliphatic heterocycles. The van der Waals surface area contributed by atoms with Gasteiger partial charge in [-0.15, -0.1) is 0 Å². The number of carbonyl (C=O) groups excluding carboxylic acids is 1. The SMILES string of the molecule is COc1cc(/C=C/C(=O)Nc2nc3ccccc3s2)ccc1OCc1ccc(Cl)cc1. The number of carbonyl (C=O) groups is 1. The van der Waals surface area contributed by atoms with E-state index >= 15 is 0 Å². The van der Waals surface area contributed by atoms with Crippen molar-refractivity contribution < 1.29 is 14.3 Å². The van der Waals surface area contributed by atoms with Crippen LogP contribution < -0.4 is 14.8 Å². The van der Waals surface area contributed by atoms with E-state index in [0.29, 0.717) is 28.3 Å². The summed E-state index contributed by atoms with van der Waals surface area (Å²) in [6.07, 6.45) is 3.18. The monoisotopic (exact) mass is 450 g/mol. The number of aromatic nitrogens is 1. The summed E-state index contributed by atoms with van der Waals surface area (Å²) >= 11 is 7.35. The average molecular weight is 451 g/mol. The molecule has 0 spiro atoms. The molecule has 31 heavy (non-hydrogen) atoms. The predicted octanol–water partition coefficient (Wildman–Crippen LogP) is 6.19. The van der Waals surface area contributed by atoms with Gasteiger partial charge in [0, 0.05) is 11.1 Å². The number of nitrogens with one attached hydrogen (secondary N) is 1. The molecule has 4 rings (SSSR count). The molecule has 1 heterocycles. The molecule has 5 nitrogen and oxygen atoms in total. The second-order valence-corrected chi connectivity index (χ2v) is 8.10. The molecule has 1 N–H and O–H groups in total. The molecule has 0 bridgehead atoms. The summed E-state index contributed by atoms with van der Waals surface area (Å²) in [5.41, 5.74) is 2.68. The van der Waals surface area contributed by atoms with Crippen LogP contribution in [0, 0.1) is 0 Å². The Balaban J connectivity index is 1.39. The van der Waals surface area contributed by atoms with Gasteiger partial charge >= 0.3 is 0 Å². The first kappa shape index (κ1) is 20.9. The van der Waals surface area contributed by atoms with Crippen LogP contribution in [0.25, 0.3) is 16.3 Å². The Hall–Kier alpha value is -3.35. The fraction of sp³-hybridized carbons (Fsp3) is 0.0833. The van der Waals surface area contributed by atoms with Crippen molar-refractivity contribution in [1.82, 2.24) is 4.98 Å². The van der Waals surface area contributed by atoms with Gasteiger partial charge < -0.3 is 9.47 Å². The molecule has 0 aliphatic carbocycles. The van der Waals surface area contributed by atoms with Crippen LogP contribution in [0.3, 0.4) is 0 Å². The van der Waals surface area contributed by atoms with Crippen molar-refractivity contribution in [3.05, 3.63) is 89.0 Å². The van der Waals surface area contributed by atoms with Crippen LogP contribution >= 0.6 is 22.9 Å². The lowest BCUT2D eigenvalue weighted by Gasteiger charge is -2.11. The molecule has 0 radical (unpaired) electrons. The smallest absolute Gasteiger partial charge is 0.250 e. The molecule has 0 saturated heterocycles.